The van der Waals surface area contributed by atoms with E-state index in [9.17, 15) is 29.7 Å². The monoisotopic (exact) mass is 727 g/mol. The zero-order valence-corrected chi connectivity index (χ0v) is 33.7. The number of aliphatic carboxylic acids is 1. The zero-order valence-electron chi connectivity index (χ0n) is 33.7. The number of ether oxygens (including phenoxy) is 1. The van der Waals surface area contributed by atoms with Gasteiger partial charge in [-0.15, -0.1) is 0 Å². The van der Waals surface area contributed by atoms with E-state index in [1.54, 1.807) is 13.8 Å². The normalized spacial score (nSPS) is 40.8. The second-order valence-corrected chi connectivity index (χ2v) is 20.7. The molecule has 10 unspecified atom stereocenters. The van der Waals surface area contributed by atoms with E-state index in [-0.39, 0.29) is 57.7 Å². The summed E-state index contributed by atoms with van der Waals surface area (Å²) >= 11 is 0. The van der Waals surface area contributed by atoms with E-state index >= 15 is 0 Å². The van der Waals surface area contributed by atoms with Crippen LogP contribution in [-0.2, 0) is 19.1 Å². The number of ketones is 1. The largest absolute Gasteiger partial charge is 0.481 e. The van der Waals surface area contributed by atoms with Crippen LogP contribution >= 0.6 is 0 Å². The minimum Gasteiger partial charge on any atom is -0.481 e. The van der Waals surface area contributed by atoms with E-state index in [0.717, 1.165) is 82.9 Å². The summed E-state index contributed by atoms with van der Waals surface area (Å²) in [5, 5.41) is 31.9. The number of nitrogens with two attached hydrogens (primary N) is 1. The molecular formula is C43H70N2O7. The first-order valence-corrected chi connectivity index (χ1v) is 20.6. The van der Waals surface area contributed by atoms with Crippen LogP contribution in [0.4, 0.5) is 0 Å². The van der Waals surface area contributed by atoms with Crippen molar-refractivity contribution in [1.29, 1.82) is 0 Å². The van der Waals surface area contributed by atoms with Crippen LogP contribution in [0.15, 0.2) is 11.1 Å². The third-order valence-corrected chi connectivity index (χ3v) is 17.0. The van der Waals surface area contributed by atoms with Gasteiger partial charge in [0, 0.05) is 29.7 Å². The van der Waals surface area contributed by atoms with Crippen molar-refractivity contribution in [3.05, 3.63) is 11.1 Å². The van der Waals surface area contributed by atoms with Gasteiger partial charge in [-0.25, -0.2) is 0 Å². The van der Waals surface area contributed by atoms with Crippen molar-refractivity contribution in [2.75, 3.05) is 19.6 Å². The average molecular weight is 727 g/mol. The first-order valence-electron chi connectivity index (χ1n) is 20.6. The van der Waals surface area contributed by atoms with E-state index in [1.165, 1.54) is 5.57 Å². The van der Waals surface area contributed by atoms with Crippen LogP contribution in [0.25, 0.3) is 0 Å². The molecule has 5 aliphatic carbocycles. The number of piperidine rings is 1. The number of carboxylic acid groups (broad SMARTS) is 1. The molecule has 9 heteroatoms. The summed E-state index contributed by atoms with van der Waals surface area (Å²) in [5.41, 5.74) is 6.27. The number of carbonyl (C=O) groups is 3. The third-order valence-electron chi connectivity index (χ3n) is 17.0. The average Bonchev–Trinajstić information content (AvgIpc) is 3.36. The van der Waals surface area contributed by atoms with Crippen LogP contribution in [-0.4, -0.2) is 76.0 Å². The quantitative estimate of drug-likeness (QED) is 0.150. The molecular weight excluding hydrogens is 656 g/mol. The Bertz CT molecular complexity index is 1460. The number of β-amino-alcohol motifs (C(OH)–C–C–N with tert-alkyl or cyclic N) is 1. The number of hydrogen-bond donors (Lipinski definition) is 4. The Labute approximate surface area is 312 Å². The van der Waals surface area contributed by atoms with Gasteiger partial charge in [-0.3, -0.25) is 14.4 Å². The number of aliphatic hydroxyl groups excluding tert-OH is 2. The molecule has 5 fully saturated rings. The molecule has 0 spiro atoms. The van der Waals surface area contributed by atoms with Crippen molar-refractivity contribution < 1.29 is 34.4 Å². The van der Waals surface area contributed by atoms with Crippen LogP contribution in [0.1, 0.15) is 139 Å². The van der Waals surface area contributed by atoms with Crippen molar-refractivity contribution in [2.45, 2.75) is 158 Å². The van der Waals surface area contributed by atoms with E-state index in [2.05, 4.69) is 53.4 Å². The Balaban J connectivity index is 1.26. The topological polar surface area (TPSA) is 150 Å². The van der Waals surface area contributed by atoms with Gasteiger partial charge in [0.1, 0.15) is 12.3 Å². The first-order chi connectivity index (χ1) is 24.0. The van der Waals surface area contributed by atoms with Crippen LogP contribution < -0.4 is 5.73 Å². The molecule has 52 heavy (non-hydrogen) atoms. The summed E-state index contributed by atoms with van der Waals surface area (Å²) < 4.78 is 6.16. The van der Waals surface area contributed by atoms with Crippen molar-refractivity contribution in [2.24, 2.45) is 67.8 Å². The molecule has 0 bridgehead atoms. The second-order valence-electron chi connectivity index (χ2n) is 20.7. The van der Waals surface area contributed by atoms with Crippen LogP contribution in [0.3, 0.4) is 0 Å². The lowest BCUT2D eigenvalue weighted by molar-refractivity contribution is -0.235. The fourth-order valence-corrected chi connectivity index (χ4v) is 13.8. The highest BCUT2D eigenvalue weighted by Gasteiger charge is 2.71. The van der Waals surface area contributed by atoms with Crippen molar-refractivity contribution >= 4 is 17.7 Å². The molecule has 1 saturated heterocycles. The van der Waals surface area contributed by atoms with Crippen molar-refractivity contribution in [3.8, 4) is 0 Å². The lowest BCUT2D eigenvalue weighted by Crippen LogP contribution is -2.66. The number of hydrogen-bond acceptors (Lipinski definition) is 8. The second kappa shape index (κ2) is 13.4. The number of allylic oxidation sites excluding steroid dienone is 1. The van der Waals surface area contributed by atoms with E-state index in [4.69, 9.17) is 10.5 Å². The Morgan fingerprint density at radius 1 is 0.904 bits per heavy atom. The number of carboxylic acids is 1. The lowest BCUT2D eigenvalue weighted by atomic mass is 9.33. The molecule has 4 saturated carbocycles. The molecule has 0 aromatic carbocycles. The smallest absolute Gasteiger partial charge is 0.309 e. The van der Waals surface area contributed by atoms with Gasteiger partial charge in [-0.1, -0.05) is 54.0 Å². The van der Waals surface area contributed by atoms with Gasteiger partial charge in [-0.05, 0) is 137 Å². The van der Waals surface area contributed by atoms with Gasteiger partial charge >= 0.3 is 11.9 Å². The summed E-state index contributed by atoms with van der Waals surface area (Å²) in [7, 11) is 0. The van der Waals surface area contributed by atoms with Crippen molar-refractivity contribution in [1.82, 2.24) is 4.90 Å². The number of carbonyl (C=O) groups excluding carboxylic acids is 2. The molecule has 0 radical (unpaired) electrons. The Morgan fingerprint density at radius 2 is 1.56 bits per heavy atom. The number of Topliss-reactive ketones (excluding diaryl/α,β-unsaturated/α-hetero) is 1. The number of esters is 1. The van der Waals surface area contributed by atoms with Crippen LogP contribution in [0.5, 0.6) is 0 Å². The van der Waals surface area contributed by atoms with E-state index in [0.29, 0.717) is 24.8 Å². The summed E-state index contributed by atoms with van der Waals surface area (Å²) in [6, 6.07) is 0. The predicted octanol–water partition coefficient (Wildman–Crippen LogP) is 6.73. The molecule has 0 aromatic rings. The number of rotatable bonds is 9. The SMILES string of the molecule is CC(C)C1=C2C3CCC4C5(C)CCC(OC(=O)CC(C)(C)C(=O)O)C(C)(C)C5CCC4(C)C3(C)CCC2(C(O)CN2CCC(C(N)O)CC2)CC1=O. The summed E-state index contributed by atoms with van der Waals surface area (Å²) in [4.78, 5) is 41.2. The van der Waals surface area contributed by atoms with Gasteiger partial charge in [0.25, 0.3) is 0 Å². The van der Waals surface area contributed by atoms with Gasteiger partial charge in [-0.2, -0.15) is 0 Å². The fourth-order valence-electron chi connectivity index (χ4n) is 13.8. The standard InChI is InChI=1S/C43H70N2O7/c1-25(2)34-28(46)22-43(31(47)24-45-20-14-26(15-21-45)36(44)49)19-18-41(8)27(35(34)43)10-11-30-40(7)16-13-32(52-33(48)23-38(3,4)37(50)51)39(5,6)29(40)12-17-42(30,41)9/h25-27,29-32,36,47,49H,10-24,44H2,1-9H3,(H,50,51). The van der Waals surface area contributed by atoms with Gasteiger partial charge in [0.2, 0.25) is 0 Å². The Kier molecular flexibility index (Phi) is 10.3. The molecule has 1 heterocycles. The third kappa shape index (κ3) is 6.05. The van der Waals surface area contributed by atoms with Crippen LogP contribution in [0, 0.1) is 62.1 Å². The maximum atomic E-state index is 14.1. The molecule has 0 amide bonds. The van der Waals surface area contributed by atoms with Crippen molar-refractivity contribution in [3.63, 3.8) is 0 Å². The summed E-state index contributed by atoms with van der Waals surface area (Å²) in [6.45, 7) is 21.8. The number of nitrogens with zero attached hydrogens (tertiary/aromatic N) is 1. The van der Waals surface area contributed by atoms with Gasteiger partial charge in [0.15, 0.2) is 5.78 Å². The molecule has 6 rings (SSSR count). The molecule has 6 aliphatic rings. The maximum Gasteiger partial charge on any atom is 0.309 e. The first kappa shape index (κ1) is 39.9. The van der Waals surface area contributed by atoms with E-state index < -0.39 is 35.1 Å². The molecule has 0 aromatic heterocycles. The van der Waals surface area contributed by atoms with Gasteiger partial charge < -0.3 is 30.7 Å². The zero-order chi connectivity index (χ0) is 38.4. The summed E-state index contributed by atoms with van der Waals surface area (Å²) in [5.74, 6) is 0.132. The van der Waals surface area contributed by atoms with Gasteiger partial charge in [0.05, 0.1) is 17.9 Å². The molecule has 5 N–H and O–H groups in total. The number of fused-ring (bicyclic) bond motifs is 7. The highest BCUT2D eigenvalue weighted by Crippen LogP contribution is 2.77. The lowest BCUT2D eigenvalue weighted by Gasteiger charge is -2.72. The number of aliphatic hydroxyl groups is 2. The Morgan fingerprint density at radius 3 is 2.15 bits per heavy atom. The molecule has 1 aliphatic heterocycles. The predicted molar refractivity (Wildman–Crippen MR) is 201 cm³/mol. The fraction of sp³-hybridized carbons (Fsp3) is 0.884. The highest BCUT2D eigenvalue weighted by atomic mass is 16.5. The van der Waals surface area contributed by atoms with Crippen LogP contribution in [0.2, 0.25) is 0 Å². The number of likely N-dealkylation sites (tertiary alicyclic amines) is 1. The summed E-state index contributed by atoms with van der Waals surface area (Å²) in [6.07, 6.45) is 8.06. The maximum absolute atomic E-state index is 14.1. The highest BCUT2D eigenvalue weighted by molar-refractivity contribution is 6.00. The molecule has 294 valence electrons. The van der Waals surface area contributed by atoms with E-state index in [1.807, 2.05) is 0 Å². The minimum atomic E-state index is -1.17. The Hall–Kier alpha value is -1.81. The minimum absolute atomic E-state index is 0.0152. The molecule has 9 nitrogen and oxygen atoms in total. The molecule has 10 atom stereocenters.